The number of hydrogen-bond donors (Lipinski definition) is 2. The molecule has 134 valence electrons. The van der Waals surface area contributed by atoms with Crippen LogP contribution in [0.5, 0.6) is 11.5 Å². The fourth-order valence-corrected chi connectivity index (χ4v) is 3.67. The molecule has 4 heteroatoms. The average Bonchev–Trinajstić information content (AvgIpc) is 2.67. The van der Waals surface area contributed by atoms with Crippen LogP contribution in [0.2, 0.25) is 0 Å². The lowest BCUT2D eigenvalue weighted by Gasteiger charge is -2.39. The lowest BCUT2D eigenvalue weighted by molar-refractivity contribution is 0.276. The zero-order valence-corrected chi connectivity index (χ0v) is 15.2. The smallest absolute Gasteiger partial charge is 0.123 e. The van der Waals surface area contributed by atoms with Crippen LogP contribution in [0.3, 0.4) is 0 Å². The van der Waals surface area contributed by atoms with Gasteiger partial charge >= 0.3 is 0 Å². The molecule has 0 saturated heterocycles. The third-order valence-electron chi connectivity index (χ3n) is 5.13. The molecule has 0 aliphatic heterocycles. The molecule has 1 unspecified atom stereocenters. The number of benzene rings is 2. The van der Waals surface area contributed by atoms with Gasteiger partial charge in [-0.2, -0.15) is 0 Å². The summed E-state index contributed by atoms with van der Waals surface area (Å²) >= 11 is 0. The van der Waals surface area contributed by atoms with Crippen LogP contribution in [0.4, 0.5) is 0 Å². The van der Waals surface area contributed by atoms with Crippen LogP contribution in [-0.4, -0.2) is 25.8 Å². The summed E-state index contributed by atoms with van der Waals surface area (Å²) in [6.07, 6.45) is 2.80. The number of ether oxygens (including phenoxy) is 2. The molecule has 0 aromatic heterocycles. The van der Waals surface area contributed by atoms with Crippen molar-refractivity contribution in [1.82, 2.24) is 5.32 Å². The number of rotatable bonds is 7. The Hall–Kier alpha value is -2.04. The van der Waals surface area contributed by atoms with Crippen molar-refractivity contribution in [2.24, 2.45) is 5.73 Å². The van der Waals surface area contributed by atoms with Crippen molar-refractivity contribution in [3.63, 3.8) is 0 Å². The van der Waals surface area contributed by atoms with Crippen LogP contribution < -0.4 is 20.5 Å². The first-order valence-electron chi connectivity index (χ1n) is 9.02. The number of hydrogen-bond acceptors (Lipinski definition) is 4. The molecule has 0 bridgehead atoms. The van der Waals surface area contributed by atoms with E-state index in [2.05, 4.69) is 29.6 Å². The maximum atomic E-state index is 6.21. The molecule has 1 aliphatic carbocycles. The molecule has 25 heavy (non-hydrogen) atoms. The van der Waals surface area contributed by atoms with E-state index in [0.29, 0.717) is 13.2 Å². The highest BCUT2D eigenvalue weighted by molar-refractivity contribution is 5.51. The number of nitrogens with one attached hydrogen (secondary N) is 1. The van der Waals surface area contributed by atoms with Crippen LogP contribution in [0.25, 0.3) is 0 Å². The molecule has 4 nitrogen and oxygen atoms in total. The molecular weight excluding hydrogens is 312 g/mol. The van der Waals surface area contributed by atoms with Crippen LogP contribution in [0.15, 0.2) is 42.5 Å². The Kier molecular flexibility index (Phi) is 5.61. The van der Waals surface area contributed by atoms with Crippen LogP contribution in [0, 0.1) is 0 Å². The van der Waals surface area contributed by atoms with E-state index in [0.717, 1.165) is 37.3 Å². The lowest BCUT2D eigenvalue weighted by Crippen LogP contribution is -2.54. The van der Waals surface area contributed by atoms with Crippen LogP contribution in [0.1, 0.15) is 30.0 Å². The minimum absolute atomic E-state index is 0.110. The summed E-state index contributed by atoms with van der Waals surface area (Å²) in [4.78, 5) is 0. The van der Waals surface area contributed by atoms with Crippen molar-refractivity contribution >= 4 is 0 Å². The van der Waals surface area contributed by atoms with Crippen molar-refractivity contribution in [2.45, 2.75) is 38.3 Å². The van der Waals surface area contributed by atoms with Gasteiger partial charge < -0.3 is 20.5 Å². The van der Waals surface area contributed by atoms with E-state index in [1.807, 2.05) is 25.1 Å². The van der Waals surface area contributed by atoms with Gasteiger partial charge in [0.05, 0.1) is 13.7 Å². The van der Waals surface area contributed by atoms with Crippen molar-refractivity contribution in [1.29, 1.82) is 0 Å². The third-order valence-corrected chi connectivity index (χ3v) is 5.13. The average molecular weight is 340 g/mol. The number of fused-ring (bicyclic) bond motifs is 1. The topological polar surface area (TPSA) is 56.5 Å². The van der Waals surface area contributed by atoms with Gasteiger partial charge in [-0.15, -0.1) is 0 Å². The van der Waals surface area contributed by atoms with Gasteiger partial charge in [0, 0.05) is 29.8 Å². The Balaban J connectivity index is 1.85. The monoisotopic (exact) mass is 340 g/mol. The van der Waals surface area contributed by atoms with Crippen LogP contribution in [-0.2, 0) is 19.4 Å². The van der Waals surface area contributed by atoms with Gasteiger partial charge in [-0.3, -0.25) is 0 Å². The van der Waals surface area contributed by atoms with Gasteiger partial charge in [0.15, 0.2) is 0 Å². The first kappa shape index (κ1) is 17.8. The summed E-state index contributed by atoms with van der Waals surface area (Å²) in [6, 6.07) is 14.5. The summed E-state index contributed by atoms with van der Waals surface area (Å²) in [6.45, 7) is 4.11. The second-order valence-corrected chi connectivity index (χ2v) is 6.66. The predicted octanol–water partition coefficient (Wildman–Crippen LogP) is 3.07. The maximum absolute atomic E-state index is 6.21. The molecule has 0 radical (unpaired) electrons. The highest BCUT2D eigenvalue weighted by atomic mass is 16.5. The van der Waals surface area contributed by atoms with Crippen molar-refractivity contribution < 1.29 is 9.47 Å². The Morgan fingerprint density at radius 1 is 1.08 bits per heavy atom. The first-order valence-corrected chi connectivity index (χ1v) is 9.02. The van der Waals surface area contributed by atoms with Crippen LogP contribution >= 0.6 is 0 Å². The molecule has 3 N–H and O–H groups in total. The molecule has 2 aromatic carbocycles. The van der Waals surface area contributed by atoms with E-state index in [4.69, 9.17) is 15.2 Å². The Morgan fingerprint density at radius 2 is 1.84 bits per heavy atom. The van der Waals surface area contributed by atoms with Crippen molar-refractivity contribution in [3.8, 4) is 11.5 Å². The molecule has 0 spiro atoms. The maximum Gasteiger partial charge on any atom is 0.123 e. The van der Waals surface area contributed by atoms with Gasteiger partial charge in [-0.05, 0) is 43.9 Å². The van der Waals surface area contributed by atoms with E-state index in [1.165, 1.54) is 16.7 Å². The lowest BCUT2D eigenvalue weighted by atomic mass is 9.77. The van der Waals surface area contributed by atoms with E-state index < -0.39 is 0 Å². The minimum atomic E-state index is -0.110. The van der Waals surface area contributed by atoms with Gasteiger partial charge in [0.25, 0.3) is 0 Å². The normalized spacial score (nSPS) is 19.3. The SMILES string of the molecule is CCOc1ccc(OC)c2c1CCC(CN)(NCc1ccccc1)C2. The summed E-state index contributed by atoms with van der Waals surface area (Å²) in [7, 11) is 1.73. The van der Waals surface area contributed by atoms with Crippen molar-refractivity contribution in [3.05, 3.63) is 59.2 Å². The standard InChI is InChI=1S/C21H28N2O2/c1-3-25-20-10-9-19(24-2)18-13-21(15-22,12-11-17(18)20)23-14-16-7-5-4-6-8-16/h4-10,23H,3,11-15,22H2,1-2H3. The summed E-state index contributed by atoms with van der Waals surface area (Å²) in [5.41, 5.74) is 9.87. The van der Waals surface area contributed by atoms with Gasteiger partial charge in [0.1, 0.15) is 11.5 Å². The molecular formula is C21H28N2O2. The predicted molar refractivity (Wildman–Crippen MR) is 101 cm³/mol. The largest absolute Gasteiger partial charge is 0.496 e. The Bertz CT molecular complexity index is 703. The molecule has 0 fully saturated rings. The van der Waals surface area contributed by atoms with Gasteiger partial charge in [-0.25, -0.2) is 0 Å². The zero-order valence-electron chi connectivity index (χ0n) is 15.2. The summed E-state index contributed by atoms with van der Waals surface area (Å²) in [5, 5.41) is 3.72. The summed E-state index contributed by atoms with van der Waals surface area (Å²) in [5.74, 6) is 1.91. The Labute approximate surface area is 150 Å². The van der Waals surface area contributed by atoms with E-state index in [9.17, 15) is 0 Å². The van der Waals surface area contributed by atoms with E-state index in [1.54, 1.807) is 7.11 Å². The highest BCUT2D eigenvalue weighted by Crippen LogP contribution is 2.39. The Morgan fingerprint density at radius 3 is 2.52 bits per heavy atom. The quantitative estimate of drug-likeness (QED) is 0.813. The molecule has 0 heterocycles. The molecule has 3 rings (SSSR count). The molecule has 0 saturated carbocycles. The van der Waals surface area contributed by atoms with E-state index in [-0.39, 0.29) is 5.54 Å². The highest BCUT2D eigenvalue weighted by Gasteiger charge is 2.35. The molecule has 1 aliphatic rings. The molecule has 1 atom stereocenters. The first-order chi connectivity index (χ1) is 12.2. The fourth-order valence-electron chi connectivity index (χ4n) is 3.67. The van der Waals surface area contributed by atoms with E-state index >= 15 is 0 Å². The second kappa shape index (κ2) is 7.89. The number of nitrogens with two attached hydrogens (primary N) is 1. The fraction of sp³-hybridized carbons (Fsp3) is 0.429. The minimum Gasteiger partial charge on any atom is -0.496 e. The summed E-state index contributed by atoms with van der Waals surface area (Å²) < 4.78 is 11.4. The van der Waals surface area contributed by atoms with Gasteiger partial charge in [0.2, 0.25) is 0 Å². The zero-order chi connectivity index (χ0) is 17.7. The number of methoxy groups -OCH3 is 1. The van der Waals surface area contributed by atoms with Gasteiger partial charge in [-0.1, -0.05) is 30.3 Å². The molecule has 2 aromatic rings. The third kappa shape index (κ3) is 3.80. The molecule has 0 amide bonds. The second-order valence-electron chi connectivity index (χ2n) is 6.66. The van der Waals surface area contributed by atoms with Crippen molar-refractivity contribution in [2.75, 3.05) is 20.3 Å².